The molecule has 1 aliphatic rings. The summed E-state index contributed by atoms with van der Waals surface area (Å²) in [5.41, 5.74) is 0.363. The molecule has 3 rings (SSSR count). The van der Waals surface area contributed by atoms with Crippen LogP contribution in [0.25, 0.3) is 10.1 Å². The Labute approximate surface area is 139 Å². The van der Waals surface area contributed by atoms with Crippen LogP contribution in [0.1, 0.15) is 38.2 Å². The van der Waals surface area contributed by atoms with Gasteiger partial charge in [0, 0.05) is 4.70 Å². The first kappa shape index (κ1) is 16.0. The first-order valence-electron chi connectivity index (χ1n) is 7.98. The Morgan fingerprint density at radius 3 is 2.91 bits per heavy atom. The van der Waals surface area contributed by atoms with Crippen LogP contribution >= 0.6 is 11.3 Å². The molecule has 1 aromatic heterocycles. The average molecular weight is 331 g/mol. The van der Waals surface area contributed by atoms with Crippen LogP contribution in [0.2, 0.25) is 0 Å². The maximum Gasteiger partial charge on any atom is 0.308 e. The molecule has 1 amide bonds. The minimum atomic E-state index is -0.812. The molecule has 23 heavy (non-hydrogen) atoms. The van der Waals surface area contributed by atoms with E-state index >= 15 is 0 Å². The molecule has 0 saturated heterocycles. The van der Waals surface area contributed by atoms with Crippen molar-refractivity contribution < 1.29 is 14.7 Å². The number of thiophene rings is 1. The number of hydrogen-bond acceptors (Lipinski definition) is 3. The Hall–Kier alpha value is -1.88. The topological polar surface area (TPSA) is 66.4 Å². The van der Waals surface area contributed by atoms with Crippen molar-refractivity contribution in [2.24, 2.45) is 5.92 Å². The van der Waals surface area contributed by atoms with Gasteiger partial charge >= 0.3 is 5.97 Å². The van der Waals surface area contributed by atoms with E-state index in [9.17, 15) is 14.7 Å². The Bertz CT molecular complexity index is 739. The van der Waals surface area contributed by atoms with E-state index in [4.69, 9.17) is 0 Å². The highest BCUT2D eigenvalue weighted by Gasteiger charge is 2.42. The molecule has 0 spiro atoms. The van der Waals surface area contributed by atoms with Crippen LogP contribution in [0.15, 0.2) is 29.6 Å². The minimum Gasteiger partial charge on any atom is -0.481 e. The van der Waals surface area contributed by atoms with Crippen molar-refractivity contribution in [2.75, 3.05) is 0 Å². The maximum atomic E-state index is 12.5. The number of hydrogen-bond donors (Lipinski definition) is 2. The fraction of sp³-hybridized carbons (Fsp3) is 0.444. The zero-order valence-electron chi connectivity index (χ0n) is 13.2. The first-order valence-corrected chi connectivity index (χ1v) is 8.86. The molecular formula is C18H21NO3S. The van der Waals surface area contributed by atoms with Crippen LogP contribution in [-0.4, -0.2) is 22.5 Å². The Balaban J connectivity index is 1.74. The number of carbonyl (C=O) groups is 2. The molecule has 1 heterocycles. The van der Waals surface area contributed by atoms with Crippen molar-refractivity contribution in [3.8, 4) is 0 Å². The van der Waals surface area contributed by atoms with Crippen molar-refractivity contribution >= 4 is 33.3 Å². The van der Waals surface area contributed by atoms with Gasteiger partial charge < -0.3 is 10.4 Å². The third-order valence-electron chi connectivity index (χ3n) is 4.84. The Kier molecular flexibility index (Phi) is 4.39. The molecule has 1 saturated carbocycles. The molecule has 5 heteroatoms. The number of carboxylic acids is 1. The highest BCUT2D eigenvalue weighted by Crippen LogP contribution is 2.34. The highest BCUT2D eigenvalue weighted by molar-refractivity contribution is 7.17. The molecule has 2 unspecified atom stereocenters. The molecular weight excluding hydrogens is 310 g/mol. The standard InChI is InChI=1S/C18H21NO3S/c1-18(9-5-4-7-14(18)17(21)22)19-16(20)10-12-11-23-15-8-3-2-6-13(12)15/h2-3,6,8,11,14H,4-5,7,9-10H2,1H3,(H,19,20)(H,21,22). The summed E-state index contributed by atoms with van der Waals surface area (Å²) in [6.07, 6.45) is 3.53. The summed E-state index contributed by atoms with van der Waals surface area (Å²) >= 11 is 1.63. The van der Waals surface area contributed by atoms with Gasteiger partial charge in [-0.2, -0.15) is 0 Å². The molecule has 0 bridgehead atoms. The van der Waals surface area contributed by atoms with Gasteiger partial charge in [0.15, 0.2) is 0 Å². The fourth-order valence-electron chi connectivity index (χ4n) is 3.58. The van der Waals surface area contributed by atoms with Crippen molar-refractivity contribution in [2.45, 2.75) is 44.6 Å². The van der Waals surface area contributed by atoms with E-state index in [-0.39, 0.29) is 5.91 Å². The summed E-state index contributed by atoms with van der Waals surface area (Å²) in [7, 11) is 0. The number of benzene rings is 1. The van der Waals surface area contributed by atoms with E-state index < -0.39 is 17.4 Å². The molecule has 2 N–H and O–H groups in total. The Morgan fingerprint density at radius 2 is 2.13 bits per heavy atom. The van der Waals surface area contributed by atoms with Gasteiger partial charge in [-0.05, 0) is 42.2 Å². The summed E-state index contributed by atoms with van der Waals surface area (Å²) in [4.78, 5) is 24.0. The number of nitrogens with one attached hydrogen (secondary N) is 1. The largest absolute Gasteiger partial charge is 0.481 e. The van der Waals surface area contributed by atoms with E-state index in [0.29, 0.717) is 12.8 Å². The summed E-state index contributed by atoms with van der Waals surface area (Å²) in [5, 5.41) is 15.6. The lowest BCUT2D eigenvalue weighted by Gasteiger charge is -2.39. The average Bonchev–Trinajstić information content (AvgIpc) is 2.90. The number of amides is 1. The highest BCUT2D eigenvalue weighted by atomic mass is 32.1. The zero-order chi connectivity index (χ0) is 16.4. The number of aliphatic carboxylic acids is 1. The normalized spacial score (nSPS) is 24.5. The lowest BCUT2D eigenvalue weighted by Crippen LogP contribution is -2.55. The van der Waals surface area contributed by atoms with Gasteiger partial charge in [-0.3, -0.25) is 9.59 Å². The summed E-state index contributed by atoms with van der Waals surface area (Å²) in [6.45, 7) is 1.87. The van der Waals surface area contributed by atoms with Gasteiger partial charge in [-0.15, -0.1) is 11.3 Å². The lowest BCUT2D eigenvalue weighted by molar-refractivity contribution is -0.146. The van der Waals surface area contributed by atoms with Gasteiger partial charge in [-0.1, -0.05) is 31.0 Å². The number of carboxylic acid groups (broad SMARTS) is 1. The maximum absolute atomic E-state index is 12.5. The molecule has 1 aliphatic carbocycles. The summed E-state index contributed by atoms with van der Waals surface area (Å²) in [5.74, 6) is -1.41. The number of rotatable bonds is 4. The monoisotopic (exact) mass is 331 g/mol. The third-order valence-corrected chi connectivity index (χ3v) is 5.86. The Morgan fingerprint density at radius 1 is 1.35 bits per heavy atom. The van der Waals surface area contributed by atoms with Crippen LogP contribution in [0.5, 0.6) is 0 Å². The van der Waals surface area contributed by atoms with Gasteiger partial charge in [-0.25, -0.2) is 0 Å². The minimum absolute atomic E-state index is 0.0933. The molecule has 1 fully saturated rings. The van der Waals surface area contributed by atoms with Gasteiger partial charge in [0.1, 0.15) is 0 Å². The second kappa shape index (κ2) is 6.32. The van der Waals surface area contributed by atoms with Gasteiger partial charge in [0.25, 0.3) is 0 Å². The number of carbonyl (C=O) groups excluding carboxylic acids is 1. The van der Waals surface area contributed by atoms with Crippen LogP contribution in [0.3, 0.4) is 0 Å². The van der Waals surface area contributed by atoms with Crippen LogP contribution in [0.4, 0.5) is 0 Å². The van der Waals surface area contributed by atoms with E-state index in [1.54, 1.807) is 11.3 Å². The van der Waals surface area contributed by atoms with Crippen LogP contribution in [0, 0.1) is 5.92 Å². The second-order valence-electron chi connectivity index (χ2n) is 6.54. The molecule has 2 atom stereocenters. The van der Waals surface area contributed by atoms with E-state index in [1.165, 1.54) is 4.70 Å². The third kappa shape index (κ3) is 3.24. The van der Waals surface area contributed by atoms with E-state index in [1.807, 2.05) is 36.6 Å². The van der Waals surface area contributed by atoms with Crippen molar-refractivity contribution in [3.63, 3.8) is 0 Å². The van der Waals surface area contributed by atoms with Gasteiger partial charge in [0.05, 0.1) is 17.9 Å². The van der Waals surface area contributed by atoms with E-state index in [0.717, 1.165) is 30.2 Å². The van der Waals surface area contributed by atoms with Crippen LogP contribution in [-0.2, 0) is 16.0 Å². The summed E-state index contributed by atoms with van der Waals surface area (Å²) < 4.78 is 1.17. The van der Waals surface area contributed by atoms with Crippen LogP contribution < -0.4 is 5.32 Å². The predicted octanol–water partition coefficient (Wildman–Crippen LogP) is 3.59. The lowest BCUT2D eigenvalue weighted by atomic mass is 9.74. The molecule has 0 aliphatic heterocycles. The van der Waals surface area contributed by atoms with Crippen molar-refractivity contribution in [3.05, 3.63) is 35.2 Å². The zero-order valence-corrected chi connectivity index (χ0v) is 14.0. The molecule has 1 aromatic carbocycles. The smallest absolute Gasteiger partial charge is 0.308 e. The SMILES string of the molecule is CC1(NC(=O)Cc2csc3ccccc23)CCCCC1C(=O)O. The molecule has 2 aromatic rings. The first-order chi connectivity index (χ1) is 11.0. The fourth-order valence-corrected chi connectivity index (χ4v) is 4.55. The predicted molar refractivity (Wildman–Crippen MR) is 91.7 cm³/mol. The molecule has 4 nitrogen and oxygen atoms in total. The summed E-state index contributed by atoms with van der Waals surface area (Å²) in [6, 6.07) is 8.03. The molecule has 0 radical (unpaired) electrons. The molecule has 122 valence electrons. The van der Waals surface area contributed by atoms with E-state index in [2.05, 4.69) is 5.32 Å². The van der Waals surface area contributed by atoms with Gasteiger partial charge in [0.2, 0.25) is 5.91 Å². The van der Waals surface area contributed by atoms with Crippen molar-refractivity contribution in [1.29, 1.82) is 0 Å². The second-order valence-corrected chi connectivity index (χ2v) is 7.45. The number of fused-ring (bicyclic) bond motifs is 1. The quantitative estimate of drug-likeness (QED) is 0.899. The van der Waals surface area contributed by atoms with Crippen molar-refractivity contribution in [1.82, 2.24) is 5.32 Å².